The minimum Gasteiger partial charge on any atom is -0.389 e. The molecular weight excluding hydrogens is 286 g/mol. The minimum absolute atomic E-state index is 0.0980. The summed E-state index contributed by atoms with van der Waals surface area (Å²) in [5.41, 5.74) is -0.0746. The second-order valence-electron chi connectivity index (χ2n) is 5.74. The number of likely N-dealkylation sites (N-methyl/N-ethyl adjacent to an activating group) is 1. The van der Waals surface area contributed by atoms with Gasteiger partial charge in [0.1, 0.15) is 11.1 Å². The maximum atomic E-state index is 11.9. The standard InChI is InChI=1S/C15H21N3O2S/c1-18(11-15(20)6-2-3-7-15)8-4-13(19)17-14-12(10-16)5-9-21-14/h5,9,20H,2-4,6-8,11H2,1H3,(H,17,19). The van der Waals surface area contributed by atoms with Crippen LogP contribution >= 0.6 is 11.3 Å². The summed E-state index contributed by atoms with van der Waals surface area (Å²) < 4.78 is 0. The largest absolute Gasteiger partial charge is 0.389 e. The highest BCUT2D eigenvalue weighted by Crippen LogP contribution is 2.29. The molecule has 21 heavy (non-hydrogen) atoms. The van der Waals surface area contributed by atoms with Crippen LogP contribution in [0.25, 0.3) is 0 Å². The molecule has 0 bridgehead atoms. The van der Waals surface area contributed by atoms with Crippen molar-refractivity contribution in [2.24, 2.45) is 0 Å². The van der Waals surface area contributed by atoms with E-state index in [9.17, 15) is 9.90 Å². The van der Waals surface area contributed by atoms with E-state index in [0.717, 1.165) is 25.7 Å². The summed E-state index contributed by atoms with van der Waals surface area (Å²) in [7, 11) is 1.93. The predicted molar refractivity (Wildman–Crippen MR) is 83.2 cm³/mol. The highest BCUT2D eigenvalue weighted by atomic mass is 32.1. The van der Waals surface area contributed by atoms with Gasteiger partial charge >= 0.3 is 0 Å². The summed E-state index contributed by atoms with van der Waals surface area (Å²) in [6.45, 7) is 1.21. The Bertz CT molecular complexity index is 529. The van der Waals surface area contributed by atoms with Crippen LogP contribution in [0.15, 0.2) is 11.4 Å². The molecule has 0 saturated heterocycles. The van der Waals surface area contributed by atoms with E-state index in [1.807, 2.05) is 11.9 Å². The van der Waals surface area contributed by atoms with Crippen molar-refractivity contribution in [3.63, 3.8) is 0 Å². The molecule has 0 spiro atoms. The molecule has 6 heteroatoms. The number of nitrogens with zero attached hydrogens (tertiary/aromatic N) is 2. The first-order valence-electron chi connectivity index (χ1n) is 7.21. The summed E-state index contributed by atoms with van der Waals surface area (Å²) >= 11 is 1.35. The molecule has 1 aromatic rings. The number of amides is 1. The van der Waals surface area contributed by atoms with E-state index in [4.69, 9.17) is 5.26 Å². The number of nitriles is 1. The fraction of sp³-hybridized carbons (Fsp3) is 0.600. The maximum Gasteiger partial charge on any atom is 0.226 e. The van der Waals surface area contributed by atoms with Crippen molar-refractivity contribution in [3.8, 4) is 6.07 Å². The first-order valence-corrected chi connectivity index (χ1v) is 8.09. The smallest absolute Gasteiger partial charge is 0.226 e. The van der Waals surface area contributed by atoms with Crippen molar-refractivity contribution in [3.05, 3.63) is 17.0 Å². The zero-order valence-electron chi connectivity index (χ0n) is 12.3. The topological polar surface area (TPSA) is 76.4 Å². The van der Waals surface area contributed by atoms with Crippen molar-refractivity contribution in [2.45, 2.75) is 37.7 Å². The number of nitrogens with one attached hydrogen (secondary N) is 1. The molecule has 0 aromatic carbocycles. The monoisotopic (exact) mass is 307 g/mol. The van der Waals surface area contributed by atoms with Gasteiger partial charge in [0.25, 0.3) is 0 Å². The van der Waals surface area contributed by atoms with Crippen LogP contribution in [0.3, 0.4) is 0 Å². The van der Waals surface area contributed by atoms with Gasteiger partial charge in [-0.1, -0.05) is 12.8 Å². The highest BCUT2D eigenvalue weighted by Gasteiger charge is 2.32. The molecule has 1 aromatic heterocycles. The Morgan fingerprint density at radius 2 is 2.29 bits per heavy atom. The van der Waals surface area contributed by atoms with Gasteiger partial charge in [0, 0.05) is 19.5 Å². The van der Waals surface area contributed by atoms with Crippen LogP contribution in [0.1, 0.15) is 37.7 Å². The molecule has 1 fully saturated rings. The van der Waals surface area contributed by atoms with Crippen molar-refractivity contribution in [1.82, 2.24) is 4.90 Å². The highest BCUT2D eigenvalue weighted by molar-refractivity contribution is 7.14. The van der Waals surface area contributed by atoms with Crippen molar-refractivity contribution < 1.29 is 9.90 Å². The Labute approximate surface area is 129 Å². The van der Waals surface area contributed by atoms with Crippen LogP contribution in [-0.2, 0) is 4.79 Å². The quantitative estimate of drug-likeness (QED) is 0.844. The molecule has 5 nitrogen and oxygen atoms in total. The van der Waals surface area contributed by atoms with Crippen LogP contribution in [0.2, 0.25) is 0 Å². The molecule has 1 amide bonds. The lowest BCUT2D eigenvalue weighted by molar-refractivity contribution is -0.116. The summed E-state index contributed by atoms with van der Waals surface area (Å²) in [6, 6.07) is 3.75. The lowest BCUT2D eigenvalue weighted by Gasteiger charge is -2.28. The third-order valence-corrected chi connectivity index (χ3v) is 4.69. The molecule has 1 aliphatic rings. The number of hydrogen-bond acceptors (Lipinski definition) is 5. The Hall–Kier alpha value is -1.42. The van der Waals surface area contributed by atoms with E-state index >= 15 is 0 Å². The van der Waals surface area contributed by atoms with Gasteiger partial charge in [-0.25, -0.2) is 0 Å². The van der Waals surface area contributed by atoms with E-state index < -0.39 is 5.60 Å². The van der Waals surface area contributed by atoms with Crippen LogP contribution < -0.4 is 5.32 Å². The molecule has 1 aliphatic carbocycles. The number of thiophene rings is 1. The van der Waals surface area contributed by atoms with E-state index in [1.165, 1.54) is 11.3 Å². The molecular formula is C15H21N3O2S. The molecule has 1 heterocycles. The Kier molecular flexibility index (Phi) is 5.34. The van der Waals surface area contributed by atoms with Crippen LogP contribution in [0.4, 0.5) is 5.00 Å². The fourth-order valence-corrected chi connectivity index (χ4v) is 3.50. The van der Waals surface area contributed by atoms with Crippen LogP contribution in [-0.4, -0.2) is 41.7 Å². The number of hydrogen-bond donors (Lipinski definition) is 2. The molecule has 1 saturated carbocycles. The second-order valence-corrected chi connectivity index (χ2v) is 6.66. The number of carbonyl (C=O) groups excluding carboxylic acids is 1. The second kappa shape index (κ2) is 7.03. The first-order chi connectivity index (χ1) is 10.0. The molecule has 0 atom stereocenters. The third kappa shape index (κ3) is 4.53. The van der Waals surface area contributed by atoms with Crippen LogP contribution in [0, 0.1) is 11.3 Å². The zero-order valence-corrected chi connectivity index (χ0v) is 13.1. The third-order valence-electron chi connectivity index (χ3n) is 3.86. The maximum absolute atomic E-state index is 11.9. The summed E-state index contributed by atoms with van der Waals surface area (Å²) in [4.78, 5) is 13.9. The lowest BCUT2D eigenvalue weighted by Crippen LogP contribution is -2.40. The van der Waals surface area contributed by atoms with Gasteiger partial charge in [-0.3, -0.25) is 4.79 Å². The lowest BCUT2D eigenvalue weighted by atomic mass is 10.0. The zero-order chi connectivity index (χ0) is 15.3. The molecule has 0 radical (unpaired) electrons. The van der Waals surface area contributed by atoms with E-state index in [2.05, 4.69) is 11.4 Å². The molecule has 0 unspecified atom stereocenters. The summed E-state index contributed by atoms with van der Waals surface area (Å²) in [5, 5.41) is 24.4. The van der Waals surface area contributed by atoms with Crippen molar-refractivity contribution in [1.29, 1.82) is 5.26 Å². The first kappa shape index (κ1) is 16.0. The van der Waals surface area contributed by atoms with Gasteiger partial charge in [0.2, 0.25) is 5.91 Å². The van der Waals surface area contributed by atoms with E-state index in [-0.39, 0.29) is 5.91 Å². The Balaban J connectivity index is 1.75. The minimum atomic E-state index is -0.576. The molecule has 0 aliphatic heterocycles. The number of rotatable bonds is 6. The molecule has 2 rings (SSSR count). The van der Waals surface area contributed by atoms with Crippen molar-refractivity contribution >= 4 is 22.2 Å². The van der Waals surface area contributed by atoms with Gasteiger partial charge in [-0.05, 0) is 31.3 Å². The average Bonchev–Trinajstić information content (AvgIpc) is 3.05. The molecule has 2 N–H and O–H groups in total. The van der Waals surface area contributed by atoms with Gasteiger partial charge < -0.3 is 15.3 Å². The van der Waals surface area contributed by atoms with Gasteiger partial charge in [-0.15, -0.1) is 11.3 Å². The number of aliphatic hydroxyl groups is 1. The summed E-state index contributed by atoms with van der Waals surface area (Å²) in [5.74, 6) is -0.0980. The van der Waals surface area contributed by atoms with Gasteiger partial charge in [0.15, 0.2) is 0 Å². The SMILES string of the molecule is CN(CCC(=O)Nc1sccc1C#N)CC1(O)CCCC1. The van der Waals surface area contributed by atoms with Crippen molar-refractivity contribution in [2.75, 3.05) is 25.5 Å². The number of anilines is 1. The average molecular weight is 307 g/mol. The fourth-order valence-electron chi connectivity index (χ4n) is 2.75. The summed E-state index contributed by atoms with van der Waals surface area (Å²) in [6.07, 6.45) is 4.23. The molecule has 114 valence electrons. The number of carbonyl (C=O) groups is 1. The van der Waals surface area contributed by atoms with E-state index in [1.54, 1.807) is 11.4 Å². The Morgan fingerprint density at radius 3 is 2.95 bits per heavy atom. The normalized spacial score (nSPS) is 16.9. The predicted octanol–water partition coefficient (Wildman–Crippen LogP) is 2.19. The van der Waals surface area contributed by atoms with Gasteiger partial charge in [0.05, 0.1) is 11.2 Å². The van der Waals surface area contributed by atoms with E-state index in [0.29, 0.717) is 30.1 Å². The van der Waals surface area contributed by atoms with Crippen LogP contribution in [0.5, 0.6) is 0 Å². The Morgan fingerprint density at radius 1 is 1.57 bits per heavy atom. The van der Waals surface area contributed by atoms with Gasteiger partial charge in [-0.2, -0.15) is 5.26 Å².